The summed E-state index contributed by atoms with van der Waals surface area (Å²) in [5, 5.41) is 0. The Morgan fingerprint density at radius 3 is 2.54 bits per heavy atom. The summed E-state index contributed by atoms with van der Waals surface area (Å²) in [6.07, 6.45) is 2.44. The lowest BCUT2D eigenvalue weighted by Crippen LogP contribution is -2.05. The highest BCUT2D eigenvalue weighted by molar-refractivity contribution is 5.85. The smallest absolute Gasteiger partial charge is 0.244 e. The largest absolute Gasteiger partial charge is 0.465 e. The van der Waals surface area contributed by atoms with Gasteiger partial charge < -0.3 is 10.5 Å². The zero-order valence-electron chi connectivity index (χ0n) is 7.36. The number of amides is 1. The van der Waals surface area contributed by atoms with Crippen LogP contribution in [0.15, 0.2) is 36.6 Å². The van der Waals surface area contributed by atoms with Crippen LogP contribution in [0.5, 0.6) is 5.75 Å². The molecule has 0 bridgehead atoms. The molecule has 3 nitrogen and oxygen atoms in total. The molecule has 0 aliphatic heterocycles. The first-order valence-corrected chi connectivity index (χ1v) is 3.88. The second-order valence-electron chi connectivity index (χ2n) is 2.64. The van der Waals surface area contributed by atoms with Crippen LogP contribution < -0.4 is 10.5 Å². The van der Waals surface area contributed by atoms with Gasteiger partial charge >= 0.3 is 0 Å². The molecule has 0 aliphatic carbocycles. The Bertz CT molecular complexity index is 314. The molecule has 0 fully saturated rings. The summed E-state index contributed by atoms with van der Waals surface area (Å²) in [6.45, 7) is 1.99. The van der Waals surface area contributed by atoms with Gasteiger partial charge in [-0.05, 0) is 19.1 Å². The molecule has 0 heterocycles. The summed E-state index contributed by atoms with van der Waals surface area (Å²) in [5.41, 5.74) is 6.03. The van der Waals surface area contributed by atoms with Crippen molar-refractivity contribution in [3.05, 3.63) is 42.2 Å². The van der Waals surface area contributed by atoms with Gasteiger partial charge in [-0.15, -0.1) is 0 Å². The van der Waals surface area contributed by atoms with Crippen molar-refractivity contribution in [3.63, 3.8) is 0 Å². The number of carbonyl (C=O) groups excluding carboxylic acids is 1. The van der Waals surface area contributed by atoms with Crippen LogP contribution in [-0.4, -0.2) is 5.91 Å². The lowest BCUT2D eigenvalue weighted by atomic mass is 10.2. The third-order valence-electron chi connectivity index (χ3n) is 1.46. The summed E-state index contributed by atoms with van der Waals surface area (Å²) in [7, 11) is 0. The number of hydrogen-bond donors (Lipinski definition) is 1. The van der Waals surface area contributed by atoms with Gasteiger partial charge in [0.15, 0.2) is 0 Å². The zero-order valence-corrected chi connectivity index (χ0v) is 7.36. The molecular weight excluding hydrogens is 166 g/mol. The van der Waals surface area contributed by atoms with E-state index in [0.29, 0.717) is 5.75 Å². The fourth-order valence-corrected chi connectivity index (χ4v) is 0.796. The molecule has 1 amide bonds. The number of aryl methyl sites for hydroxylation is 1. The van der Waals surface area contributed by atoms with Crippen LogP contribution in [0.25, 0.3) is 0 Å². The molecule has 1 rings (SSSR count). The maximum Gasteiger partial charge on any atom is 0.244 e. The first kappa shape index (κ1) is 9.32. The van der Waals surface area contributed by atoms with Gasteiger partial charge in [0, 0.05) is 6.08 Å². The fraction of sp³-hybridized carbons (Fsp3) is 0.100. The summed E-state index contributed by atoms with van der Waals surface area (Å²) in [6, 6.07) is 7.49. The quantitative estimate of drug-likeness (QED) is 0.560. The molecule has 0 unspecified atom stereocenters. The summed E-state index contributed by atoms with van der Waals surface area (Å²) in [4.78, 5) is 10.3. The first-order chi connectivity index (χ1) is 6.18. The molecule has 2 N–H and O–H groups in total. The van der Waals surface area contributed by atoms with Crippen molar-refractivity contribution in [1.82, 2.24) is 0 Å². The van der Waals surface area contributed by atoms with Crippen molar-refractivity contribution in [1.29, 1.82) is 0 Å². The predicted octanol–water partition coefficient (Wildman–Crippen LogP) is 1.37. The van der Waals surface area contributed by atoms with E-state index in [1.807, 2.05) is 31.2 Å². The maximum atomic E-state index is 10.3. The third kappa shape index (κ3) is 3.42. The Hall–Kier alpha value is -1.77. The van der Waals surface area contributed by atoms with E-state index in [4.69, 9.17) is 10.5 Å². The van der Waals surface area contributed by atoms with Gasteiger partial charge in [0.25, 0.3) is 0 Å². The van der Waals surface area contributed by atoms with Crippen molar-refractivity contribution in [2.45, 2.75) is 6.92 Å². The van der Waals surface area contributed by atoms with Gasteiger partial charge in [-0.3, -0.25) is 4.79 Å². The lowest BCUT2D eigenvalue weighted by Gasteiger charge is -1.98. The lowest BCUT2D eigenvalue weighted by molar-refractivity contribution is -0.113. The van der Waals surface area contributed by atoms with E-state index in [0.717, 1.165) is 5.56 Å². The number of hydrogen-bond acceptors (Lipinski definition) is 2. The molecule has 0 saturated carbocycles. The molecule has 0 saturated heterocycles. The van der Waals surface area contributed by atoms with Gasteiger partial charge in [-0.25, -0.2) is 0 Å². The van der Waals surface area contributed by atoms with Crippen molar-refractivity contribution in [2.24, 2.45) is 5.73 Å². The van der Waals surface area contributed by atoms with Crippen molar-refractivity contribution in [3.8, 4) is 5.75 Å². The average molecular weight is 177 g/mol. The van der Waals surface area contributed by atoms with E-state index in [1.54, 1.807) is 0 Å². The van der Waals surface area contributed by atoms with Crippen molar-refractivity contribution in [2.75, 3.05) is 0 Å². The van der Waals surface area contributed by atoms with Gasteiger partial charge in [0.05, 0.1) is 6.26 Å². The van der Waals surface area contributed by atoms with E-state index >= 15 is 0 Å². The molecule has 0 atom stereocenters. The van der Waals surface area contributed by atoms with E-state index < -0.39 is 5.91 Å². The highest BCUT2D eigenvalue weighted by Crippen LogP contribution is 2.11. The Kier molecular flexibility index (Phi) is 3.09. The van der Waals surface area contributed by atoms with Crippen molar-refractivity contribution >= 4 is 5.91 Å². The SMILES string of the molecule is Cc1ccc(OC=CC(N)=O)cc1. The zero-order chi connectivity index (χ0) is 9.68. The van der Waals surface area contributed by atoms with Crippen LogP contribution in [0, 0.1) is 6.92 Å². The number of nitrogens with two attached hydrogens (primary N) is 1. The Balaban J connectivity index is 2.55. The second-order valence-corrected chi connectivity index (χ2v) is 2.64. The molecule has 13 heavy (non-hydrogen) atoms. The van der Waals surface area contributed by atoms with E-state index in [-0.39, 0.29) is 0 Å². The molecule has 0 radical (unpaired) electrons. The minimum Gasteiger partial charge on any atom is -0.465 e. The van der Waals surface area contributed by atoms with Crippen LogP contribution in [0.4, 0.5) is 0 Å². The molecule has 68 valence electrons. The Morgan fingerprint density at radius 1 is 1.38 bits per heavy atom. The number of primary amides is 1. The van der Waals surface area contributed by atoms with Crippen molar-refractivity contribution < 1.29 is 9.53 Å². The Labute approximate surface area is 76.8 Å². The number of ether oxygens (including phenoxy) is 1. The number of carbonyl (C=O) groups is 1. The van der Waals surface area contributed by atoms with Crippen LogP contribution in [-0.2, 0) is 4.79 Å². The van der Waals surface area contributed by atoms with E-state index in [2.05, 4.69) is 0 Å². The van der Waals surface area contributed by atoms with Gasteiger partial charge in [-0.2, -0.15) is 0 Å². The fourth-order valence-electron chi connectivity index (χ4n) is 0.796. The van der Waals surface area contributed by atoms with Crippen LogP contribution in [0.2, 0.25) is 0 Å². The molecule has 0 aromatic heterocycles. The molecule has 0 aliphatic rings. The predicted molar refractivity (Wildman–Crippen MR) is 50.1 cm³/mol. The highest BCUT2D eigenvalue weighted by atomic mass is 16.5. The summed E-state index contributed by atoms with van der Waals surface area (Å²) in [5.74, 6) is 0.162. The van der Waals surface area contributed by atoms with Gasteiger partial charge in [0.1, 0.15) is 5.75 Å². The average Bonchev–Trinajstić information content (AvgIpc) is 2.08. The van der Waals surface area contributed by atoms with Crippen LogP contribution in [0.3, 0.4) is 0 Å². The van der Waals surface area contributed by atoms with E-state index in [9.17, 15) is 4.79 Å². The standard InChI is InChI=1S/C10H11NO2/c1-8-2-4-9(5-3-8)13-7-6-10(11)12/h2-7H,1H3,(H2,11,12). The molecule has 0 spiro atoms. The van der Waals surface area contributed by atoms with Crippen LogP contribution in [0.1, 0.15) is 5.56 Å². The number of rotatable bonds is 3. The maximum absolute atomic E-state index is 10.3. The minimum atomic E-state index is -0.521. The topological polar surface area (TPSA) is 52.3 Å². The molecule has 1 aromatic rings. The van der Waals surface area contributed by atoms with Gasteiger partial charge in [0.2, 0.25) is 5.91 Å². The summed E-state index contributed by atoms with van der Waals surface area (Å²) < 4.78 is 5.09. The monoisotopic (exact) mass is 177 g/mol. The molecule has 3 heteroatoms. The molecular formula is C10H11NO2. The highest BCUT2D eigenvalue weighted by Gasteiger charge is 1.89. The second kappa shape index (κ2) is 4.30. The van der Waals surface area contributed by atoms with Gasteiger partial charge in [-0.1, -0.05) is 17.7 Å². The Morgan fingerprint density at radius 2 is 2.00 bits per heavy atom. The summed E-state index contributed by atoms with van der Waals surface area (Å²) >= 11 is 0. The minimum absolute atomic E-state index is 0.521. The molecule has 1 aromatic carbocycles. The first-order valence-electron chi connectivity index (χ1n) is 3.88. The van der Waals surface area contributed by atoms with Crippen LogP contribution >= 0.6 is 0 Å². The normalized spacial score (nSPS) is 10.2. The van der Waals surface area contributed by atoms with E-state index in [1.165, 1.54) is 12.3 Å². The third-order valence-corrected chi connectivity index (χ3v) is 1.46. The number of benzene rings is 1.